The van der Waals surface area contributed by atoms with Crippen molar-refractivity contribution in [3.05, 3.63) is 34.7 Å². The van der Waals surface area contributed by atoms with E-state index in [9.17, 15) is 4.79 Å². The number of methoxy groups -OCH3 is 1. The van der Waals surface area contributed by atoms with Gasteiger partial charge >= 0.3 is 5.69 Å². The Balaban J connectivity index is 1.61. The number of hydrogen-bond acceptors (Lipinski definition) is 3. The number of fused-ring (bicyclic) bond motifs is 1. The lowest BCUT2D eigenvalue weighted by Gasteiger charge is -2.32. The van der Waals surface area contributed by atoms with E-state index in [1.54, 1.807) is 7.11 Å². The van der Waals surface area contributed by atoms with E-state index in [0.717, 1.165) is 56.5 Å². The van der Waals surface area contributed by atoms with Crippen molar-refractivity contribution in [3.8, 4) is 0 Å². The molecule has 1 aliphatic rings. The zero-order valence-corrected chi connectivity index (χ0v) is 13.3. The first-order valence-corrected chi connectivity index (χ1v) is 8.20. The second-order valence-electron chi connectivity index (χ2n) is 6.09. The summed E-state index contributed by atoms with van der Waals surface area (Å²) in [4.78, 5) is 17.7. The average Bonchev–Trinajstić information content (AvgIpc) is 2.88. The van der Waals surface area contributed by atoms with Gasteiger partial charge in [-0.15, -0.1) is 0 Å². The molecule has 1 aromatic heterocycles. The van der Waals surface area contributed by atoms with Crippen molar-refractivity contribution >= 4 is 11.0 Å². The summed E-state index contributed by atoms with van der Waals surface area (Å²) in [6, 6.07) is 8.28. The molecular formula is C17H25N3O2. The number of unbranched alkanes of at least 4 members (excludes halogenated alkanes) is 1. The molecule has 1 aromatic carbocycles. The summed E-state index contributed by atoms with van der Waals surface area (Å²) in [7, 11) is 1.75. The van der Waals surface area contributed by atoms with Gasteiger partial charge in [-0.05, 0) is 44.4 Å². The maximum atomic E-state index is 12.2. The van der Waals surface area contributed by atoms with Gasteiger partial charge in [0.15, 0.2) is 0 Å². The Morgan fingerprint density at radius 3 is 2.77 bits per heavy atom. The van der Waals surface area contributed by atoms with Crippen LogP contribution in [-0.2, 0) is 4.74 Å². The molecule has 2 aromatic rings. The number of H-pyrrole nitrogens is 1. The van der Waals surface area contributed by atoms with E-state index in [-0.39, 0.29) is 5.69 Å². The molecule has 1 fully saturated rings. The predicted molar refractivity (Wildman–Crippen MR) is 88.4 cm³/mol. The number of imidazole rings is 1. The Hall–Kier alpha value is -1.59. The lowest BCUT2D eigenvalue weighted by molar-refractivity contribution is 0.164. The van der Waals surface area contributed by atoms with Gasteiger partial charge in [0.2, 0.25) is 0 Å². The maximum Gasteiger partial charge on any atom is 0.326 e. The highest BCUT2D eigenvalue weighted by Gasteiger charge is 2.23. The lowest BCUT2D eigenvalue weighted by Crippen LogP contribution is -2.37. The molecule has 22 heavy (non-hydrogen) atoms. The number of hydrogen-bond donors (Lipinski definition) is 1. The highest BCUT2D eigenvalue weighted by Crippen LogP contribution is 2.24. The van der Waals surface area contributed by atoms with Crippen LogP contribution >= 0.6 is 0 Å². The molecule has 0 amide bonds. The molecule has 5 heteroatoms. The van der Waals surface area contributed by atoms with Gasteiger partial charge in [-0.1, -0.05) is 12.1 Å². The predicted octanol–water partition coefficient (Wildman–Crippen LogP) is 2.39. The maximum absolute atomic E-state index is 12.2. The minimum atomic E-state index is 0.0275. The van der Waals surface area contributed by atoms with Crippen LogP contribution < -0.4 is 5.69 Å². The van der Waals surface area contributed by atoms with Crippen LogP contribution in [0, 0.1) is 0 Å². The summed E-state index contributed by atoms with van der Waals surface area (Å²) in [5.41, 5.74) is 2.00. The molecule has 0 atom stereocenters. The van der Waals surface area contributed by atoms with E-state index in [1.165, 1.54) is 6.42 Å². The van der Waals surface area contributed by atoms with Gasteiger partial charge in [-0.2, -0.15) is 0 Å². The van der Waals surface area contributed by atoms with E-state index in [0.29, 0.717) is 6.04 Å². The zero-order valence-electron chi connectivity index (χ0n) is 13.3. The summed E-state index contributed by atoms with van der Waals surface area (Å²) < 4.78 is 7.05. The van der Waals surface area contributed by atoms with E-state index in [1.807, 2.05) is 28.8 Å². The zero-order chi connectivity index (χ0) is 15.4. The SMILES string of the molecule is COCCCCN1CCC(n2c(=O)[nH]c3ccccc32)CC1. The molecule has 1 N–H and O–H groups in total. The summed E-state index contributed by atoms with van der Waals surface area (Å²) in [6.45, 7) is 4.13. The van der Waals surface area contributed by atoms with Crippen molar-refractivity contribution in [2.24, 2.45) is 0 Å². The Labute approximate surface area is 130 Å². The quantitative estimate of drug-likeness (QED) is 0.834. The molecule has 0 bridgehead atoms. The molecule has 1 aliphatic heterocycles. The van der Waals surface area contributed by atoms with Crippen LogP contribution in [0.15, 0.2) is 29.1 Å². The molecule has 3 rings (SSSR count). The van der Waals surface area contributed by atoms with Crippen LogP contribution in [0.3, 0.4) is 0 Å². The normalized spacial score (nSPS) is 17.3. The van der Waals surface area contributed by atoms with Crippen molar-refractivity contribution in [2.75, 3.05) is 33.4 Å². The summed E-state index contributed by atoms with van der Waals surface area (Å²) >= 11 is 0. The smallest absolute Gasteiger partial charge is 0.326 e. The van der Waals surface area contributed by atoms with Crippen LogP contribution in [0.2, 0.25) is 0 Å². The van der Waals surface area contributed by atoms with E-state index < -0.39 is 0 Å². The van der Waals surface area contributed by atoms with Crippen LogP contribution in [-0.4, -0.2) is 47.8 Å². The fourth-order valence-electron chi connectivity index (χ4n) is 3.42. The Bertz CT molecular complexity index is 653. The number of rotatable bonds is 6. The third kappa shape index (κ3) is 3.25. The summed E-state index contributed by atoms with van der Waals surface area (Å²) in [6.07, 6.45) is 4.40. The number of aromatic amines is 1. The van der Waals surface area contributed by atoms with Crippen molar-refractivity contribution < 1.29 is 4.74 Å². The first-order valence-electron chi connectivity index (χ1n) is 8.20. The van der Waals surface area contributed by atoms with Crippen molar-refractivity contribution in [3.63, 3.8) is 0 Å². The van der Waals surface area contributed by atoms with Crippen LogP contribution in [0.1, 0.15) is 31.7 Å². The van der Waals surface area contributed by atoms with Gasteiger partial charge in [0.25, 0.3) is 0 Å². The number of likely N-dealkylation sites (tertiary alicyclic amines) is 1. The molecule has 0 spiro atoms. The Morgan fingerprint density at radius 2 is 2.00 bits per heavy atom. The second kappa shape index (κ2) is 7.11. The first kappa shape index (κ1) is 15.3. The van der Waals surface area contributed by atoms with Crippen LogP contribution in [0.4, 0.5) is 0 Å². The topological polar surface area (TPSA) is 50.3 Å². The minimum absolute atomic E-state index is 0.0275. The largest absolute Gasteiger partial charge is 0.385 e. The van der Waals surface area contributed by atoms with E-state index in [2.05, 4.69) is 9.88 Å². The number of aromatic nitrogens is 2. The minimum Gasteiger partial charge on any atom is -0.385 e. The number of nitrogens with one attached hydrogen (secondary N) is 1. The van der Waals surface area contributed by atoms with Gasteiger partial charge in [0.05, 0.1) is 11.0 Å². The summed E-state index contributed by atoms with van der Waals surface area (Å²) in [5.74, 6) is 0. The molecular weight excluding hydrogens is 278 g/mol. The van der Waals surface area contributed by atoms with Gasteiger partial charge in [-0.3, -0.25) is 4.57 Å². The summed E-state index contributed by atoms with van der Waals surface area (Å²) in [5, 5.41) is 0. The number of piperidine rings is 1. The molecule has 120 valence electrons. The van der Waals surface area contributed by atoms with E-state index in [4.69, 9.17) is 4.74 Å². The number of benzene rings is 1. The number of para-hydroxylation sites is 2. The third-order valence-electron chi connectivity index (χ3n) is 4.62. The van der Waals surface area contributed by atoms with Crippen LogP contribution in [0.5, 0.6) is 0 Å². The molecule has 0 saturated carbocycles. The Morgan fingerprint density at radius 1 is 1.23 bits per heavy atom. The monoisotopic (exact) mass is 303 g/mol. The van der Waals surface area contributed by atoms with Crippen molar-refractivity contribution in [2.45, 2.75) is 31.7 Å². The van der Waals surface area contributed by atoms with Gasteiger partial charge in [-0.25, -0.2) is 4.79 Å². The van der Waals surface area contributed by atoms with E-state index >= 15 is 0 Å². The van der Waals surface area contributed by atoms with Crippen LogP contribution in [0.25, 0.3) is 11.0 Å². The highest BCUT2D eigenvalue weighted by molar-refractivity contribution is 5.75. The van der Waals surface area contributed by atoms with Crippen molar-refractivity contribution in [1.82, 2.24) is 14.5 Å². The van der Waals surface area contributed by atoms with Gasteiger partial charge in [0, 0.05) is 32.8 Å². The van der Waals surface area contributed by atoms with Crippen molar-refractivity contribution in [1.29, 1.82) is 0 Å². The highest BCUT2D eigenvalue weighted by atomic mass is 16.5. The molecule has 2 heterocycles. The number of ether oxygens (including phenoxy) is 1. The molecule has 0 radical (unpaired) electrons. The lowest BCUT2D eigenvalue weighted by atomic mass is 10.0. The standard InChI is InChI=1S/C17H25N3O2/c1-22-13-5-4-10-19-11-8-14(9-12-19)20-16-7-3-2-6-15(16)18-17(20)21/h2-3,6-7,14H,4-5,8-13H2,1H3,(H,18,21). The second-order valence-corrected chi connectivity index (χ2v) is 6.09. The van der Waals surface area contributed by atoms with Gasteiger partial charge < -0.3 is 14.6 Å². The molecule has 1 saturated heterocycles. The fourth-order valence-corrected chi connectivity index (χ4v) is 3.42. The Kier molecular flexibility index (Phi) is 4.95. The fraction of sp³-hybridized carbons (Fsp3) is 0.588. The molecule has 5 nitrogen and oxygen atoms in total. The number of nitrogens with zero attached hydrogens (tertiary/aromatic N) is 2. The molecule has 0 unspecified atom stereocenters. The first-order chi connectivity index (χ1) is 10.8. The third-order valence-corrected chi connectivity index (χ3v) is 4.62. The average molecular weight is 303 g/mol. The van der Waals surface area contributed by atoms with Gasteiger partial charge in [0.1, 0.15) is 0 Å². The molecule has 0 aliphatic carbocycles.